The molecule has 0 aliphatic carbocycles. The molecule has 150 valence electrons. The number of hydrogen-bond donors (Lipinski definition) is 0. The van der Waals surface area contributed by atoms with Crippen LogP contribution in [0.4, 0.5) is 36.6 Å². The summed E-state index contributed by atoms with van der Waals surface area (Å²) < 4.78 is 70.2. The fourth-order valence-corrected chi connectivity index (χ4v) is 2.05. The van der Waals surface area contributed by atoms with Crippen LogP contribution in [0.25, 0.3) is 4.98 Å². The molecule has 1 aromatic rings. The van der Waals surface area contributed by atoms with Gasteiger partial charge < -0.3 is 14.4 Å². The maximum atomic E-state index is 9.87. The molecule has 12 heteroatoms. The van der Waals surface area contributed by atoms with Crippen molar-refractivity contribution in [1.82, 2.24) is 0 Å². The van der Waals surface area contributed by atoms with Crippen molar-refractivity contribution in [3.8, 4) is 5.75 Å². The van der Waals surface area contributed by atoms with Gasteiger partial charge in [-0.05, 0) is 12.5 Å². The summed E-state index contributed by atoms with van der Waals surface area (Å²) in [5.74, 6) is 0.639. The minimum absolute atomic E-state index is 0.480. The molecule has 1 aliphatic rings. The van der Waals surface area contributed by atoms with Gasteiger partial charge in [-0.25, -0.2) is 0 Å². The minimum atomic E-state index is -10.7. The summed E-state index contributed by atoms with van der Waals surface area (Å²) in [4.78, 5) is 5.51. The van der Waals surface area contributed by atoms with Gasteiger partial charge in [0.2, 0.25) is 11.1 Å². The second kappa shape index (κ2) is 7.84. The third-order valence-corrected chi connectivity index (χ3v) is 3.18. The fourth-order valence-electron chi connectivity index (χ4n) is 2.05. The fraction of sp³-hybridized carbons (Fsp3) is 0.571. The predicted molar refractivity (Wildman–Crippen MR) is 88.2 cm³/mol. The van der Waals surface area contributed by atoms with Crippen molar-refractivity contribution >= 4 is 19.2 Å². The van der Waals surface area contributed by atoms with Gasteiger partial charge in [0.15, 0.2) is 4.98 Å². The molecule has 0 atom stereocenters. The molecule has 1 heterocycles. The van der Waals surface area contributed by atoms with E-state index in [9.17, 15) is 25.2 Å². The summed E-state index contributed by atoms with van der Waals surface area (Å²) in [6.45, 7) is 6.01. The van der Waals surface area contributed by atoms with Crippen LogP contribution in [0.1, 0.15) is 19.8 Å². The van der Waals surface area contributed by atoms with Gasteiger partial charge in [0.25, 0.3) is 0 Å². The van der Waals surface area contributed by atoms with Gasteiger partial charge in [-0.1, -0.05) is 13.3 Å². The Hall–Kier alpha value is -1.79. The van der Waals surface area contributed by atoms with E-state index >= 15 is 0 Å². The summed E-state index contributed by atoms with van der Waals surface area (Å²) >= 11 is 0. The molecule has 0 spiro atoms. The third-order valence-electron chi connectivity index (χ3n) is 3.18. The Morgan fingerprint density at radius 2 is 1.73 bits per heavy atom. The van der Waals surface area contributed by atoms with Crippen LogP contribution >= 0.6 is 7.81 Å². The first-order valence-corrected chi connectivity index (χ1v) is 9.84. The van der Waals surface area contributed by atoms with Crippen molar-refractivity contribution in [2.24, 2.45) is 0 Å². The third kappa shape index (κ3) is 10.9. The quantitative estimate of drug-likeness (QED) is 0.240. The van der Waals surface area contributed by atoms with Gasteiger partial charge in [0.05, 0.1) is 19.8 Å². The first-order valence-electron chi connectivity index (χ1n) is 7.81. The van der Waals surface area contributed by atoms with Crippen LogP contribution in [0, 0.1) is 5.39 Å². The molecule has 0 aromatic heterocycles. The zero-order chi connectivity index (χ0) is 19.9. The molecule has 0 N–H and O–H groups in total. The first kappa shape index (κ1) is 22.3. The number of halogens is 6. The van der Waals surface area contributed by atoms with E-state index < -0.39 is 7.81 Å². The predicted octanol–water partition coefficient (Wildman–Crippen LogP) is 6.57. The van der Waals surface area contributed by atoms with Crippen LogP contribution in [-0.2, 0) is 4.74 Å². The van der Waals surface area contributed by atoms with Gasteiger partial charge in [-0.15, -0.1) is 0 Å². The van der Waals surface area contributed by atoms with Gasteiger partial charge in [-0.2, -0.15) is 0 Å². The number of rotatable bonds is 5. The molecule has 0 unspecified atom stereocenters. The molecule has 1 saturated heterocycles. The van der Waals surface area contributed by atoms with E-state index in [-0.39, 0.29) is 0 Å². The Bertz CT molecular complexity index is 631. The molecule has 2 rings (SSSR count). The second-order valence-corrected chi connectivity index (χ2v) is 7.43. The number of unbranched alkanes of at least 4 members (excludes halogenated alkanes) is 1. The van der Waals surface area contributed by atoms with Gasteiger partial charge >= 0.3 is 38.7 Å². The molecule has 5 nitrogen and oxygen atoms in total. The number of ether oxygens (including phenoxy) is 2. The Labute approximate surface area is 146 Å². The summed E-state index contributed by atoms with van der Waals surface area (Å²) in [6, 6.07) is 5.68. The molecule has 1 aliphatic heterocycles. The zero-order valence-corrected chi connectivity index (χ0v) is 14.9. The van der Waals surface area contributed by atoms with Crippen molar-refractivity contribution in [3.05, 3.63) is 23.2 Å². The SMILES string of the molecule is CCCCOc1cc(N2CCOCC2)ccc1[N+]#N.F[P-](F)(F)(F)(F)F. The summed E-state index contributed by atoms with van der Waals surface area (Å²) in [5, 5.41) is 8.99. The normalized spacial score (nSPS) is 17.2. The summed E-state index contributed by atoms with van der Waals surface area (Å²) in [6.07, 6.45) is 2.07. The Morgan fingerprint density at radius 3 is 2.23 bits per heavy atom. The van der Waals surface area contributed by atoms with E-state index in [0.717, 1.165) is 44.8 Å². The Kier molecular flexibility index (Phi) is 6.71. The van der Waals surface area contributed by atoms with Crippen molar-refractivity contribution in [2.75, 3.05) is 37.8 Å². The van der Waals surface area contributed by atoms with Crippen LogP contribution in [-0.4, -0.2) is 32.9 Å². The van der Waals surface area contributed by atoms with E-state index in [2.05, 4.69) is 16.8 Å². The second-order valence-electron chi connectivity index (χ2n) is 5.51. The molecular weight excluding hydrogens is 387 g/mol. The van der Waals surface area contributed by atoms with Gasteiger partial charge in [-0.3, -0.25) is 0 Å². The monoisotopic (exact) mass is 407 g/mol. The summed E-state index contributed by atoms with van der Waals surface area (Å²) in [7, 11) is -10.7. The van der Waals surface area contributed by atoms with Crippen molar-refractivity contribution in [1.29, 1.82) is 5.39 Å². The van der Waals surface area contributed by atoms with Crippen LogP contribution < -0.4 is 9.64 Å². The molecule has 0 bridgehead atoms. The average molecular weight is 407 g/mol. The topological polar surface area (TPSA) is 49.9 Å². The molecule has 1 aromatic carbocycles. The zero-order valence-electron chi connectivity index (χ0n) is 14.1. The number of hydrogen-bond acceptors (Lipinski definition) is 4. The first-order chi connectivity index (χ1) is 11.8. The molecule has 0 amide bonds. The number of nitrogens with zero attached hydrogens (tertiary/aromatic N) is 3. The number of anilines is 1. The molecular formula is C14H20F6N3O2P. The van der Waals surface area contributed by atoms with E-state index in [1.54, 1.807) is 6.07 Å². The molecule has 0 saturated carbocycles. The molecule has 26 heavy (non-hydrogen) atoms. The number of diazo groups is 1. The van der Waals surface area contributed by atoms with Gasteiger partial charge in [0, 0.05) is 30.9 Å². The molecule has 0 radical (unpaired) electrons. The van der Waals surface area contributed by atoms with E-state index in [1.165, 1.54) is 0 Å². The average Bonchev–Trinajstić information content (AvgIpc) is 2.53. The Balaban J connectivity index is 0.000000412. The van der Waals surface area contributed by atoms with E-state index in [0.29, 0.717) is 18.0 Å². The van der Waals surface area contributed by atoms with Crippen LogP contribution in [0.15, 0.2) is 18.2 Å². The van der Waals surface area contributed by atoms with Crippen molar-refractivity contribution in [2.45, 2.75) is 19.8 Å². The van der Waals surface area contributed by atoms with Crippen molar-refractivity contribution < 1.29 is 34.7 Å². The van der Waals surface area contributed by atoms with Crippen LogP contribution in [0.2, 0.25) is 0 Å². The summed E-state index contributed by atoms with van der Waals surface area (Å²) in [5.41, 5.74) is 1.57. The van der Waals surface area contributed by atoms with Gasteiger partial charge in [0.1, 0.15) is 0 Å². The maximum absolute atomic E-state index is 10.7. The van der Waals surface area contributed by atoms with E-state index in [1.807, 2.05) is 12.1 Å². The number of benzene rings is 1. The standard InChI is InChI=1S/C14H20N3O2.F6P/c1-2-3-8-19-14-11-12(4-5-13(14)16-15)17-6-9-18-10-7-17;1-7(2,3,4,5)6/h4-5,11H,2-3,6-10H2,1H3;/q+1;-1. The van der Waals surface area contributed by atoms with Crippen molar-refractivity contribution in [3.63, 3.8) is 0 Å². The number of morpholine rings is 1. The molecule has 1 fully saturated rings. The van der Waals surface area contributed by atoms with E-state index in [4.69, 9.17) is 14.9 Å². The van der Waals surface area contributed by atoms with Crippen LogP contribution in [0.3, 0.4) is 0 Å². The Morgan fingerprint density at radius 1 is 1.15 bits per heavy atom. The van der Waals surface area contributed by atoms with Crippen LogP contribution in [0.5, 0.6) is 5.75 Å².